The van der Waals surface area contributed by atoms with Crippen molar-refractivity contribution in [3.8, 4) is 0 Å². The molecule has 2 unspecified atom stereocenters. The molecule has 23 heavy (non-hydrogen) atoms. The lowest BCUT2D eigenvalue weighted by Crippen LogP contribution is -2.44. The Bertz CT molecular complexity index is 463. The van der Waals surface area contributed by atoms with Gasteiger partial charge in [0.2, 0.25) is 0 Å². The molecule has 1 aliphatic rings. The van der Waals surface area contributed by atoms with Crippen molar-refractivity contribution in [3.63, 3.8) is 0 Å². The van der Waals surface area contributed by atoms with Gasteiger partial charge in [0.15, 0.2) is 0 Å². The van der Waals surface area contributed by atoms with Crippen LogP contribution >= 0.6 is 0 Å². The maximum absolute atomic E-state index is 12.0. The molecule has 0 bridgehead atoms. The van der Waals surface area contributed by atoms with Crippen molar-refractivity contribution in [2.24, 2.45) is 5.92 Å². The molecule has 0 aliphatic carbocycles. The molecule has 1 saturated heterocycles. The lowest BCUT2D eigenvalue weighted by molar-refractivity contribution is 0.227. The average molecular weight is 320 g/mol. The number of pyridine rings is 1. The van der Waals surface area contributed by atoms with Gasteiger partial charge in [0.05, 0.1) is 0 Å². The maximum Gasteiger partial charge on any atom is 0.315 e. The van der Waals surface area contributed by atoms with Crippen LogP contribution in [-0.2, 0) is 0 Å². The smallest absolute Gasteiger partial charge is 0.315 e. The van der Waals surface area contributed by atoms with Gasteiger partial charge in [0, 0.05) is 38.5 Å². The van der Waals surface area contributed by atoms with Crippen LogP contribution in [0.25, 0.3) is 0 Å². The summed E-state index contributed by atoms with van der Waals surface area (Å²) in [5.41, 5.74) is 0. The Kier molecular flexibility index (Phi) is 7.13. The summed E-state index contributed by atoms with van der Waals surface area (Å²) in [5.74, 6) is 1.31. The van der Waals surface area contributed by atoms with E-state index in [2.05, 4.69) is 27.4 Å². The van der Waals surface area contributed by atoms with Crippen molar-refractivity contribution in [2.45, 2.75) is 38.6 Å². The Morgan fingerprint density at radius 2 is 2.35 bits per heavy atom. The van der Waals surface area contributed by atoms with Gasteiger partial charge in [0.1, 0.15) is 5.82 Å². The number of hydrogen-bond donors (Lipinski definition) is 3. The summed E-state index contributed by atoms with van der Waals surface area (Å²) in [5, 5.41) is 15.0. The first-order valence-electron chi connectivity index (χ1n) is 8.54. The highest BCUT2D eigenvalue weighted by Crippen LogP contribution is 2.17. The van der Waals surface area contributed by atoms with Gasteiger partial charge in [-0.1, -0.05) is 19.4 Å². The van der Waals surface area contributed by atoms with Gasteiger partial charge in [-0.3, -0.25) is 0 Å². The van der Waals surface area contributed by atoms with E-state index in [1.807, 2.05) is 18.2 Å². The van der Waals surface area contributed by atoms with Crippen LogP contribution in [0.4, 0.5) is 10.6 Å². The van der Waals surface area contributed by atoms with E-state index in [0.717, 1.165) is 44.6 Å². The monoisotopic (exact) mass is 320 g/mol. The number of rotatable bonds is 8. The van der Waals surface area contributed by atoms with Crippen molar-refractivity contribution < 1.29 is 9.90 Å². The van der Waals surface area contributed by atoms with Crippen molar-refractivity contribution in [2.75, 3.05) is 31.1 Å². The van der Waals surface area contributed by atoms with Crippen LogP contribution in [0.5, 0.6) is 0 Å². The van der Waals surface area contributed by atoms with Crippen LogP contribution in [0.1, 0.15) is 32.6 Å². The molecule has 1 aromatic heterocycles. The summed E-state index contributed by atoms with van der Waals surface area (Å²) in [6, 6.07) is 5.91. The normalized spacial score (nSPS) is 18.7. The predicted octanol–water partition coefficient (Wildman–Crippen LogP) is 1.76. The number of carbonyl (C=O) groups is 1. The molecule has 0 radical (unpaired) electrons. The number of aliphatic hydroxyl groups excluding tert-OH is 1. The maximum atomic E-state index is 12.0. The summed E-state index contributed by atoms with van der Waals surface area (Å²) in [7, 11) is 0. The highest BCUT2D eigenvalue weighted by molar-refractivity contribution is 5.74. The zero-order valence-corrected chi connectivity index (χ0v) is 13.9. The molecule has 2 rings (SSSR count). The molecule has 1 aliphatic heterocycles. The summed E-state index contributed by atoms with van der Waals surface area (Å²) in [6.07, 6.45) is 5.55. The van der Waals surface area contributed by atoms with E-state index >= 15 is 0 Å². The molecule has 1 fully saturated rings. The van der Waals surface area contributed by atoms with Crippen LogP contribution in [0, 0.1) is 5.92 Å². The van der Waals surface area contributed by atoms with Crippen molar-refractivity contribution in [1.82, 2.24) is 15.6 Å². The first-order chi connectivity index (χ1) is 11.2. The van der Waals surface area contributed by atoms with E-state index in [4.69, 9.17) is 5.11 Å². The number of aliphatic hydroxyl groups is 1. The lowest BCUT2D eigenvalue weighted by atomic mass is 10.0. The topological polar surface area (TPSA) is 77.5 Å². The summed E-state index contributed by atoms with van der Waals surface area (Å²) < 4.78 is 0. The molecule has 6 nitrogen and oxygen atoms in total. The molecular weight excluding hydrogens is 292 g/mol. The van der Waals surface area contributed by atoms with Gasteiger partial charge in [-0.25, -0.2) is 9.78 Å². The summed E-state index contributed by atoms with van der Waals surface area (Å²) >= 11 is 0. The van der Waals surface area contributed by atoms with Gasteiger partial charge < -0.3 is 20.6 Å². The summed E-state index contributed by atoms with van der Waals surface area (Å²) in [4.78, 5) is 18.6. The number of carbonyl (C=O) groups excluding carboxylic acids is 1. The Hall–Kier alpha value is -1.82. The number of hydrogen-bond acceptors (Lipinski definition) is 4. The van der Waals surface area contributed by atoms with Crippen molar-refractivity contribution in [1.29, 1.82) is 0 Å². The second kappa shape index (κ2) is 9.35. The minimum atomic E-state index is -0.114. The van der Waals surface area contributed by atoms with Crippen LogP contribution in [0.15, 0.2) is 24.4 Å². The third-order valence-corrected chi connectivity index (χ3v) is 4.28. The first kappa shape index (κ1) is 17.5. The van der Waals surface area contributed by atoms with E-state index in [9.17, 15) is 4.79 Å². The minimum Gasteiger partial charge on any atom is -0.396 e. The molecule has 128 valence electrons. The average Bonchev–Trinajstić information content (AvgIpc) is 3.02. The number of aromatic nitrogens is 1. The molecule has 0 aromatic carbocycles. The molecule has 2 heterocycles. The molecule has 0 spiro atoms. The molecule has 2 atom stereocenters. The first-order valence-corrected chi connectivity index (χ1v) is 8.54. The van der Waals surface area contributed by atoms with Crippen LogP contribution in [-0.4, -0.2) is 48.4 Å². The van der Waals surface area contributed by atoms with Gasteiger partial charge in [-0.15, -0.1) is 0 Å². The molecule has 1 aromatic rings. The fourth-order valence-electron chi connectivity index (χ4n) is 3.04. The SMILES string of the molecule is CCCC(CCO)CNC(=O)NC1CCN(c2ccccn2)C1. The standard InChI is InChI=1S/C17H28N4O2/c1-2-5-14(8-11-22)12-19-17(23)20-15-7-10-21(13-15)16-6-3-4-9-18-16/h3-4,6,9,14-15,22H,2,5,7-8,10-13H2,1H3,(H2,19,20,23). The zero-order chi connectivity index (χ0) is 16.5. The number of urea groups is 1. The van der Waals surface area contributed by atoms with E-state index < -0.39 is 0 Å². The van der Waals surface area contributed by atoms with Crippen LogP contribution < -0.4 is 15.5 Å². The Morgan fingerprint density at radius 3 is 3.04 bits per heavy atom. The second-order valence-corrected chi connectivity index (χ2v) is 6.14. The Labute approximate surface area is 138 Å². The van der Waals surface area contributed by atoms with Crippen molar-refractivity contribution >= 4 is 11.8 Å². The van der Waals surface area contributed by atoms with Gasteiger partial charge >= 0.3 is 6.03 Å². The second-order valence-electron chi connectivity index (χ2n) is 6.14. The quantitative estimate of drug-likeness (QED) is 0.682. The van der Waals surface area contributed by atoms with Crippen LogP contribution in [0.2, 0.25) is 0 Å². The van der Waals surface area contributed by atoms with E-state index in [-0.39, 0.29) is 18.7 Å². The molecule has 6 heteroatoms. The number of amides is 2. The van der Waals surface area contributed by atoms with Gasteiger partial charge in [-0.05, 0) is 37.3 Å². The third-order valence-electron chi connectivity index (χ3n) is 4.28. The predicted molar refractivity (Wildman–Crippen MR) is 91.5 cm³/mol. The molecular formula is C17H28N4O2. The van der Waals surface area contributed by atoms with Crippen LogP contribution in [0.3, 0.4) is 0 Å². The lowest BCUT2D eigenvalue weighted by Gasteiger charge is -2.19. The highest BCUT2D eigenvalue weighted by Gasteiger charge is 2.24. The Morgan fingerprint density at radius 1 is 1.48 bits per heavy atom. The fraction of sp³-hybridized carbons (Fsp3) is 0.647. The van der Waals surface area contributed by atoms with E-state index in [1.165, 1.54) is 0 Å². The largest absolute Gasteiger partial charge is 0.396 e. The molecule has 2 amide bonds. The number of anilines is 1. The summed E-state index contributed by atoms with van der Waals surface area (Å²) in [6.45, 7) is 4.62. The minimum absolute atomic E-state index is 0.114. The van der Waals surface area contributed by atoms with Crippen molar-refractivity contribution in [3.05, 3.63) is 24.4 Å². The zero-order valence-electron chi connectivity index (χ0n) is 13.9. The Balaban J connectivity index is 1.72. The third kappa shape index (κ3) is 5.71. The van der Waals surface area contributed by atoms with Gasteiger partial charge in [-0.2, -0.15) is 0 Å². The molecule has 3 N–H and O–H groups in total. The van der Waals surface area contributed by atoms with E-state index in [1.54, 1.807) is 6.20 Å². The number of nitrogens with one attached hydrogen (secondary N) is 2. The number of nitrogens with zero attached hydrogens (tertiary/aromatic N) is 2. The fourth-order valence-corrected chi connectivity index (χ4v) is 3.04. The van der Waals surface area contributed by atoms with E-state index in [0.29, 0.717) is 12.5 Å². The van der Waals surface area contributed by atoms with Gasteiger partial charge in [0.25, 0.3) is 0 Å². The highest BCUT2D eigenvalue weighted by atomic mass is 16.3. The molecule has 0 saturated carbocycles.